The minimum atomic E-state index is -0.598. The monoisotopic (exact) mass is 428 g/mol. The third-order valence-corrected chi connectivity index (χ3v) is 9.45. The van der Waals surface area contributed by atoms with Crippen molar-refractivity contribution < 1.29 is 10.2 Å². The Morgan fingerprint density at radius 3 is 2.55 bits per heavy atom. The van der Waals surface area contributed by atoms with Crippen LogP contribution in [0, 0.1) is 35.0 Å². The van der Waals surface area contributed by atoms with E-state index in [1.54, 1.807) is 5.57 Å². The molecule has 0 amide bonds. The van der Waals surface area contributed by atoms with Crippen molar-refractivity contribution in [2.24, 2.45) is 35.0 Å². The van der Waals surface area contributed by atoms with Crippen LogP contribution in [0.2, 0.25) is 0 Å². The van der Waals surface area contributed by atoms with Gasteiger partial charge in [0.25, 0.3) is 0 Å². The summed E-state index contributed by atoms with van der Waals surface area (Å²) >= 11 is 0. The van der Waals surface area contributed by atoms with Gasteiger partial charge in [0.1, 0.15) is 0 Å². The number of aliphatic hydroxyl groups is 2. The first-order chi connectivity index (χ1) is 14.7. The van der Waals surface area contributed by atoms with Gasteiger partial charge in [-0.2, -0.15) is 0 Å². The summed E-state index contributed by atoms with van der Waals surface area (Å²) in [5, 5.41) is 20.2. The van der Waals surface area contributed by atoms with Crippen molar-refractivity contribution in [2.75, 3.05) is 0 Å². The molecule has 2 N–H and O–H groups in total. The van der Waals surface area contributed by atoms with Crippen molar-refractivity contribution >= 4 is 0 Å². The topological polar surface area (TPSA) is 40.5 Å². The third kappa shape index (κ3) is 5.38. The largest absolute Gasteiger partial charge is 0.393 e. The van der Waals surface area contributed by atoms with Crippen molar-refractivity contribution in [1.29, 1.82) is 0 Å². The molecular weight excluding hydrogens is 380 g/mol. The van der Waals surface area contributed by atoms with Crippen LogP contribution in [-0.4, -0.2) is 22.4 Å². The van der Waals surface area contributed by atoms with E-state index in [-0.39, 0.29) is 0 Å². The molecule has 0 aromatic rings. The fourth-order valence-electron chi connectivity index (χ4n) is 7.37. The zero-order valence-electron chi connectivity index (χ0n) is 20.9. The molecule has 7 atom stereocenters. The summed E-state index contributed by atoms with van der Waals surface area (Å²) < 4.78 is 0. The zero-order valence-corrected chi connectivity index (χ0v) is 20.9. The SMILES string of the molecule is C=C1C(=CC=C2CCC[C@]3(C)C([C@H](C)CCC(CC)C(C)C)CC[C@@H]23)C[C@@H](O)C[C@@H]1O. The standard InChI is InChI=1S/C29H48O2/c1-7-22(19(2)3)11-10-20(4)26-14-15-27-23(9-8-16-29(26,27)6)12-13-24-17-25(30)18-28(31)21(24)5/h12-13,19-20,22,25-28,30-31H,5,7-11,14-18H2,1-4,6H3/t20-,22?,25-,26?,27+,28+,29-/m1/s1. The van der Waals surface area contributed by atoms with E-state index < -0.39 is 12.2 Å². The van der Waals surface area contributed by atoms with E-state index in [0.29, 0.717) is 24.2 Å². The smallest absolute Gasteiger partial charge is 0.0811 e. The molecule has 2 heteroatoms. The highest BCUT2D eigenvalue weighted by Gasteiger charge is 2.50. The number of fused-ring (bicyclic) bond motifs is 1. The molecule has 31 heavy (non-hydrogen) atoms. The highest BCUT2D eigenvalue weighted by molar-refractivity contribution is 5.38. The Kier molecular flexibility index (Phi) is 8.30. The molecule has 3 aliphatic carbocycles. The Hall–Kier alpha value is -0.860. The second-order valence-corrected chi connectivity index (χ2v) is 11.6. The summed E-state index contributed by atoms with van der Waals surface area (Å²) in [5.74, 6) is 4.02. The predicted molar refractivity (Wildman–Crippen MR) is 132 cm³/mol. The lowest BCUT2D eigenvalue weighted by molar-refractivity contribution is 0.0860. The van der Waals surface area contributed by atoms with E-state index >= 15 is 0 Å². The van der Waals surface area contributed by atoms with Gasteiger partial charge in [-0.3, -0.25) is 0 Å². The van der Waals surface area contributed by atoms with Crippen molar-refractivity contribution in [3.63, 3.8) is 0 Å². The average molecular weight is 429 g/mol. The van der Waals surface area contributed by atoms with Crippen LogP contribution in [0.4, 0.5) is 0 Å². The van der Waals surface area contributed by atoms with Crippen molar-refractivity contribution in [1.82, 2.24) is 0 Å². The maximum absolute atomic E-state index is 10.2. The third-order valence-electron chi connectivity index (χ3n) is 9.45. The van der Waals surface area contributed by atoms with E-state index in [4.69, 9.17) is 0 Å². The predicted octanol–water partition coefficient (Wildman–Crippen LogP) is 7.23. The molecule has 3 aliphatic rings. The molecular formula is C29H48O2. The fraction of sp³-hybridized carbons (Fsp3) is 0.793. The zero-order chi connectivity index (χ0) is 22.8. The molecule has 0 heterocycles. The fourth-order valence-corrected chi connectivity index (χ4v) is 7.37. The first-order valence-corrected chi connectivity index (χ1v) is 13.1. The van der Waals surface area contributed by atoms with Gasteiger partial charge in [-0.1, -0.05) is 71.8 Å². The second kappa shape index (κ2) is 10.4. The van der Waals surface area contributed by atoms with Gasteiger partial charge in [0.05, 0.1) is 12.2 Å². The van der Waals surface area contributed by atoms with Gasteiger partial charge >= 0.3 is 0 Å². The van der Waals surface area contributed by atoms with Crippen LogP contribution >= 0.6 is 0 Å². The summed E-state index contributed by atoms with van der Waals surface area (Å²) in [6, 6.07) is 0. The molecule has 3 fully saturated rings. The molecule has 0 radical (unpaired) electrons. The Balaban J connectivity index is 1.71. The summed E-state index contributed by atoms with van der Waals surface area (Å²) in [6.07, 6.45) is 15.1. The summed E-state index contributed by atoms with van der Waals surface area (Å²) in [5.41, 5.74) is 3.87. The Labute approximate surface area is 191 Å². The van der Waals surface area contributed by atoms with Crippen LogP contribution in [0.3, 0.4) is 0 Å². The van der Waals surface area contributed by atoms with Gasteiger partial charge in [0.15, 0.2) is 0 Å². The van der Waals surface area contributed by atoms with Crippen molar-refractivity contribution in [2.45, 2.75) is 111 Å². The van der Waals surface area contributed by atoms with E-state index in [1.807, 2.05) is 0 Å². The molecule has 176 valence electrons. The lowest BCUT2D eigenvalue weighted by atomic mass is 9.60. The minimum Gasteiger partial charge on any atom is -0.393 e. The first kappa shape index (κ1) is 24.8. The molecule has 0 saturated heterocycles. The number of hydrogen-bond acceptors (Lipinski definition) is 2. The first-order valence-electron chi connectivity index (χ1n) is 13.1. The second-order valence-electron chi connectivity index (χ2n) is 11.6. The van der Waals surface area contributed by atoms with Gasteiger partial charge in [-0.15, -0.1) is 0 Å². The molecule has 0 aromatic carbocycles. The minimum absolute atomic E-state index is 0.419. The van der Waals surface area contributed by atoms with Crippen LogP contribution in [0.5, 0.6) is 0 Å². The van der Waals surface area contributed by atoms with E-state index in [9.17, 15) is 10.2 Å². The Bertz CT molecular complexity index is 687. The van der Waals surface area contributed by atoms with E-state index in [0.717, 1.165) is 34.8 Å². The Morgan fingerprint density at radius 1 is 1.13 bits per heavy atom. The molecule has 0 spiro atoms. The van der Waals surface area contributed by atoms with Gasteiger partial charge in [0, 0.05) is 6.42 Å². The number of rotatable bonds is 7. The van der Waals surface area contributed by atoms with Crippen LogP contribution in [-0.2, 0) is 0 Å². The lowest BCUT2D eigenvalue weighted by Crippen LogP contribution is -2.36. The molecule has 2 unspecified atom stereocenters. The lowest BCUT2D eigenvalue weighted by Gasteiger charge is -2.44. The molecule has 3 rings (SSSR count). The molecule has 0 bridgehead atoms. The van der Waals surface area contributed by atoms with E-state index in [2.05, 4.69) is 53.3 Å². The number of hydrogen-bond donors (Lipinski definition) is 2. The average Bonchev–Trinajstić information content (AvgIpc) is 3.07. The van der Waals surface area contributed by atoms with Crippen LogP contribution in [0.25, 0.3) is 0 Å². The molecule has 3 saturated carbocycles. The summed E-state index contributed by atoms with van der Waals surface area (Å²) in [7, 11) is 0. The molecule has 0 aliphatic heterocycles. The molecule has 0 aromatic heterocycles. The number of aliphatic hydroxyl groups excluding tert-OH is 2. The summed E-state index contributed by atoms with van der Waals surface area (Å²) in [6.45, 7) is 16.3. The van der Waals surface area contributed by atoms with Gasteiger partial charge in [-0.05, 0) is 91.1 Å². The summed E-state index contributed by atoms with van der Waals surface area (Å²) in [4.78, 5) is 0. The highest BCUT2D eigenvalue weighted by atomic mass is 16.3. The highest BCUT2D eigenvalue weighted by Crippen LogP contribution is 2.60. The van der Waals surface area contributed by atoms with Gasteiger partial charge in [0.2, 0.25) is 0 Å². The van der Waals surface area contributed by atoms with Crippen LogP contribution < -0.4 is 0 Å². The van der Waals surface area contributed by atoms with Crippen molar-refractivity contribution in [3.05, 3.63) is 35.5 Å². The van der Waals surface area contributed by atoms with E-state index in [1.165, 1.54) is 51.4 Å². The quantitative estimate of drug-likeness (QED) is 0.449. The van der Waals surface area contributed by atoms with Crippen LogP contribution in [0.1, 0.15) is 98.8 Å². The number of allylic oxidation sites excluding steroid dienone is 3. The Morgan fingerprint density at radius 2 is 1.87 bits per heavy atom. The van der Waals surface area contributed by atoms with Crippen LogP contribution in [0.15, 0.2) is 35.5 Å². The maximum atomic E-state index is 10.2. The maximum Gasteiger partial charge on any atom is 0.0811 e. The van der Waals surface area contributed by atoms with Gasteiger partial charge in [-0.25, -0.2) is 0 Å². The van der Waals surface area contributed by atoms with Crippen molar-refractivity contribution in [3.8, 4) is 0 Å². The molecule has 2 nitrogen and oxygen atoms in total. The normalized spacial score (nSPS) is 38.6. The van der Waals surface area contributed by atoms with Gasteiger partial charge < -0.3 is 10.2 Å².